The van der Waals surface area contributed by atoms with Crippen LogP contribution in [0.15, 0.2) is 30.3 Å². The summed E-state index contributed by atoms with van der Waals surface area (Å²) in [5.41, 5.74) is 0.176. The second kappa shape index (κ2) is 5.83. The van der Waals surface area contributed by atoms with Crippen LogP contribution >= 0.6 is 0 Å². The van der Waals surface area contributed by atoms with Gasteiger partial charge in [-0.25, -0.2) is 0 Å². The topological polar surface area (TPSA) is 35.5 Å². The minimum Gasteiger partial charge on any atom is -0.384 e. The summed E-state index contributed by atoms with van der Waals surface area (Å²) >= 11 is 0. The van der Waals surface area contributed by atoms with Crippen LogP contribution in [0.3, 0.4) is 0 Å². The van der Waals surface area contributed by atoms with Crippen LogP contribution in [0.2, 0.25) is 0 Å². The van der Waals surface area contributed by atoms with Crippen molar-refractivity contribution < 1.29 is 5.11 Å². The van der Waals surface area contributed by atoms with Crippen molar-refractivity contribution in [2.45, 2.75) is 31.4 Å². The third-order valence-electron chi connectivity index (χ3n) is 3.92. The number of likely N-dealkylation sites (tertiary alicyclic amines) is 1. The van der Waals surface area contributed by atoms with Gasteiger partial charge in [0, 0.05) is 19.1 Å². The molecule has 100 valence electrons. The van der Waals surface area contributed by atoms with Gasteiger partial charge in [0.1, 0.15) is 0 Å². The van der Waals surface area contributed by atoms with Gasteiger partial charge in [-0.15, -0.1) is 0 Å². The van der Waals surface area contributed by atoms with Crippen molar-refractivity contribution in [2.75, 3.05) is 26.7 Å². The van der Waals surface area contributed by atoms with Gasteiger partial charge in [-0.2, -0.15) is 0 Å². The number of aliphatic hydroxyl groups is 1. The molecule has 2 unspecified atom stereocenters. The summed E-state index contributed by atoms with van der Waals surface area (Å²) in [5, 5.41) is 13.9. The number of hydrogen-bond donors (Lipinski definition) is 2. The Morgan fingerprint density at radius 1 is 1.39 bits per heavy atom. The molecule has 1 saturated heterocycles. The molecule has 1 heterocycles. The predicted molar refractivity (Wildman–Crippen MR) is 74.5 cm³/mol. The third-order valence-corrected chi connectivity index (χ3v) is 3.92. The average molecular weight is 248 g/mol. The lowest BCUT2D eigenvalue weighted by Gasteiger charge is -2.26. The molecule has 2 rings (SSSR count). The summed E-state index contributed by atoms with van der Waals surface area (Å²) in [5.74, 6) is 0. The molecule has 0 spiro atoms. The molecule has 1 fully saturated rings. The Morgan fingerprint density at radius 2 is 2.11 bits per heavy atom. The average Bonchev–Trinajstić information content (AvgIpc) is 2.76. The molecule has 1 aromatic rings. The Hall–Kier alpha value is -0.900. The van der Waals surface area contributed by atoms with E-state index in [0.29, 0.717) is 12.6 Å². The lowest BCUT2D eigenvalue weighted by Crippen LogP contribution is -2.41. The summed E-state index contributed by atoms with van der Waals surface area (Å²) in [6, 6.07) is 10.5. The van der Waals surface area contributed by atoms with Gasteiger partial charge < -0.3 is 15.3 Å². The zero-order valence-corrected chi connectivity index (χ0v) is 11.4. The Morgan fingerprint density at radius 3 is 2.72 bits per heavy atom. The first kappa shape index (κ1) is 13.5. The molecule has 3 nitrogen and oxygen atoms in total. The number of likely N-dealkylation sites (N-methyl/N-ethyl adjacent to an activating group) is 1. The van der Waals surface area contributed by atoms with E-state index < -0.39 is 5.60 Å². The van der Waals surface area contributed by atoms with E-state index in [-0.39, 0.29) is 0 Å². The molecular weight excluding hydrogens is 224 g/mol. The van der Waals surface area contributed by atoms with Crippen molar-refractivity contribution in [1.82, 2.24) is 10.2 Å². The third kappa shape index (κ3) is 3.31. The van der Waals surface area contributed by atoms with Crippen LogP contribution in [0, 0.1) is 0 Å². The number of nitrogens with zero attached hydrogens (tertiary/aromatic N) is 1. The van der Waals surface area contributed by atoms with Crippen molar-refractivity contribution in [1.29, 1.82) is 0 Å². The molecule has 18 heavy (non-hydrogen) atoms. The molecule has 2 atom stereocenters. The second-order valence-electron chi connectivity index (χ2n) is 5.55. The van der Waals surface area contributed by atoms with Crippen LogP contribution in [0.4, 0.5) is 0 Å². The van der Waals surface area contributed by atoms with E-state index in [1.807, 2.05) is 37.3 Å². The van der Waals surface area contributed by atoms with Gasteiger partial charge in [-0.1, -0.05) is 30.3 Å². The minimum absolute atomic E-state index is 0.599. The Kier molecular flexibility index (Phi) is 4.38. The highest BCUT2D eigenvalue weighted by atomic mass is 16.3. The van der Waals surface area contributed by atoms with Crippen molar-refractivity contribution >= 4 is 0 Å². The molecule has 0 amide bonds. The monoisotopic (exact) mass is 248 g/mol. The summed E-state index contributed by atoms with van der Waals surface area (Å²) < 4.78 is 0. The first-order valence-electron chi connectivity index (χ1n) is 6.78. The van der Waals surface area contributed by atoms with Gasteiger partial charge in [0.25, 0.3) is 0 Å². The minimum atomic E-state index is -0.793. The van der Waals surface area contributed by atoms with Gasteiger partial charge in [0.2, 0.25) is 0 Å². The smallest absolute Gasteiger partial charge is 0.0992 e. The second-order valence-corrected chi connectivity index (χ2v) is 5.55. The van der Waals surface area contributed by atoms with Gasteiger partial charge in [0.15, 0.2) is 0 Å². The van der Waals surface area contributed by atoms with Gasteiger partial charge in [0.05, 0.1) is 5.60 Å². The summed E-state index contributed by atoms with van der Waals surface area (Å²) in [4.78, 5) is 2.39. The number of nitrogens with one attached hydrogen (secondary N) is 1. The van der Waals surface area contributed by atoms with Crippen LogP contribution in [0.1, 0.15) is 25.3 Å². The molecule has 3 heteroatoms. The van der Waals surface area contributed by atoms with Crippen molar-refractivity contribution in [3.05, 3.63) is 35.9 Å². The van der Waals surface area contributed by atoms with E-state index >= 15 is 0 Å². The van der Waals surface area contributed by atoms with E-state index in [9.17, 15) is 5.11 Å². The first-order valence-corrected chi connectivity index (χ1v) is 6.78. The normalized spacial score (nSPS) is 24.1. The number of rotatable bonds is 5. The number of hydrogen-bond acceptors (Lipinski definition) is 3. The SMILES string of the molecule is CN1CCCC1CNCC(C)(O)c1ccccc1. The fraction of sp³-hybridized carbons (Fsp3) is 0.600. The van der Waals surface area contributed by atoms with E-state index in [1.165, 1.54) is 19.4 Å². The zero-order valence-electron chi connectivity index (χ0n) is 11.4. The quantitative estimate of drug-likeness (QED) is 0.830. The molecule has 0 radical (unpaired) electrons. The molecule has 0 aliphatic carbocycles. The van der Waals surface area contributed by atoms with Crippen molar-refractivity contribution in [3.8, 4) is 0 Å². The van der Waals surface area contributed by atoms with Gasteiger partial charge >= 0.3 is 0 Å². The van der Waals surface area contributed by atoms with Crippen molar-refractivity contribution in [2.24, 2.45) is 0 Å². The predicted octanol–water partition coefficient (Wildman–Crippen LogP) is 1.58. The lowest BCUT2D eigenvalue weighted by molar-refractivity contribution is 0.0556. The summed E-state index contributed by atoms with van der Waals surface area (Å²) in [6.07, 6.45) is 2.55. The van der Waals surface area contributed by atoms with Crippen LogP contribution < -0.4 is 5.32 Å². The summed E-state index contributed by atoms with van der Waals surface area (Å²) in [6.45, 7) is 4.62. The van der Waals surface area contributed by atoms with Gasteiger partial charge in [-0.3, -0.25) is 0 Å². The summed E-state index contributed by atoms with van der Waals surface area (Å²) in [7, 11) is 2.18. The molecular formula is C15H24N2O. The molecule has 1 aliphatic heterocycles. The Bertz CT molecular complexity index is 364. The van der Waals surface area contributed by atoms with E-state index in [2.05, 4.69) is 17.3 Å². The van der Waals surface area contributed by atoms with Crippen LogP contribution in [0.25, 0.3) is 0 Å². The van der Waals surface area contributed by atoms with Crippen molar-refractivity contribution in [3.63, 3.8) is 0 Å². The highest BCUT2D eigenvalue weighted by Gasteiger charge is 2.24. The largest absolute Gasteiger partial charge is 0.384 e. The van der Waals surface area contributed by atoms with Crippen LogP contribution in [0.5, 0.6) is 0 Å². The standard InChI is InChI=1S/C15H24N2O/c1-15(18,13-7-4-3-5-8-13)12-16-11-14-9-6-10-17(14)2/h3-5,7-8,14,16,18H,6,9-12H2,1-2H3. The maximum absolute atomic E-state index is 10.4. The highest BCUT2D eigenvalue weighted by Crippen LogP contribution is 2.19. The fourth-order valence-corrected chi connectivity index (χ4v) is 2.62. The Balaban J connectivity index is 1.82. The van der Waals surface area contributed by atoms with Crippen LogP contribution in [-0.4, -0.2) is 42.7 Å². The maximum Gasteiger partial charge on any atom is 0.0992 e. The number of benzene rings is 1. The molecule has 0 aromatic heterocycles. The highest BCUT2D eigenvalue weighted by molar-refractivity contribution is 5.21. The Labute approximate surface area is 110 Å². The molecule has 1 aromatic carbocycles. The lowest BCUT2D eigenvalue weighted by atomic mass is 9.96. The molecule has 2 N–H and O–H groups in total. The zero-order chi connectivity index (χ0) is 13.0. The van der Waals surface area contributed by atoms with Crippen LogP contribution in [-0.2, 0) is 5.60 Å². The first-order chi connectivity index (χ1) is 8.59. The van der Waals surface area contributed by atoms with E-state index in [0.717, 1.165) is 12.1 Å². The molecule has 0 bridgehead atoms. The van der Waals surface area contributed by atoms with E-state index in [1.54, 1.807) is 0 Å². The molecule has 0 saturated carbocycles. The maximum atomic E-state index is 10.4. The fourth-order valence-electron chi connectivity index (χ4n) is 2.62. The molecule has 1 aliphatic rings. The van der Waals surface area contributed by atoms with E-state index in [4.69, 9.17) is 0 Å². The van der Waals surface area contributed by atoms with Gasteiger partial charge in [-0.05, 0) is 38.9 Å².